The van der Waals surface area contributed by atoms with Crippen molar-refractivity contribution >= 4 is 41.0 Å². The molecule has 1 atom stereocenters. The molecule has 2 aliphatic heterocycles. The zero-order valence-electron chi connectivity index (χ0n) is 17.7. The first-order chi connectivity index (χ1) is 15.6. The van der Waals surface area contributed by atoms with Gasteiger partial charge < -0.3 is 14.0 Å². The highest BCUT2D eigenvalue weighted by atomic mass is 16.5. The van der Waals surface area contributed by atoms with Crippen LogP contribution >= 0.6 is 0 Å². The lowest BCUT2D eigenvalue weighted by molar-refractivity contribution is -0.144. The van der Waals surface area contributed by atoms with Gasteiger partial charge >= 0.3 is 11.9 Å². The molecule has 5 rings (SSSR count). The third kappa shape index (κ3) is 3.05. The van der Waals surface area contributed by atoms with E-state index in [-0.39, 0.29) is 5.97 Å². The molecular weight excluding hydrogens is 406 g/mol. The van der Waals surface area contributed by atoms with E-state index >= 15 is 0 Å². The molecule has 0 fully saturated rings. The first kappa shape index (κ1) is 19.9. The van der Waals surface area contributed by atoms with E-state index in [1.54, 1.807) is 18.5 Å². The van der Waals surface area contributed by atoms with Crippen LogP contribution in [0, 0.1) is 5.92 Å². The molecule has 1 unspecified atom stereocenters. The van der Waals surface area contributed by atoms with E-state index < -0.39 is 11.9 Å². The van der Waals surface area contributed by atoms with Crippen LogP contribution in [0.1, 0.15) is 16.1 Å². The minimum Gasteiger partial charge on any atom is -0.469 e. The van der Waals surface area contributed by atoms with Crippen LogP contribution in [0.3, 0.4) is 0 Å². The van der Waals surface area contributed by atoms with E-state index in [9.17, 15) is 9.59 Å². The Bertz CT molecular complexity index is 1330. The number of hydrogen-bond acceptors (Lipinski definition) is 6. The van der Waals surface area contributed by atoms with Gasteiger partial charge in [0.25, 0.3) is 0 Å². The van der Waals surface area contributed by atoms with E-state index in [1.807, 2.05) is 42.5 Å². The third-order valence-corrected chi connectivity index (χ3v) is 5.99. The maximum absolute atomic E-state index is 12.7. The summed E-state index contributed by atoms with van der Waals surface area (Å²) in [5.74, 6) is -1.26. The molecule has 0 aliphatic carbocycles. The molecule has 32 heavy (non-hydrogen) atoms. The van der Waals surface area contributed by atoms with Gasteiger partial charge in [0, 0.05) is 29.9 Å². The lowest BCUT2D eigenvalue weighted by atomic mass is 9.90. The highest BCUT2D eigenvalue weighted by molar-refractivity contribution is 6.18. The van der Waals surface area contributed by atoms with Crippen LogP contribution in [0.2, 0.25) is 0 Å². The average molecular weight is 427 g/mol. The van der Waals surface area contributed by atoms with Crippen molar-refractivity contribution in [3.63, 3.8) is 0 Å². The Morgan fingerprint density at radius 2 is 1.84 bits per heavy atom. The second kappa shape index (κ2) is 7.92. The number of hydrogen-bond donors (Lipinski definition) is 0. The number of fused-ring (bicyclic) bond motifs is 4. The molecule has 160 valence electrons. The SMILES string of the molecule is COC(=O)c1ccc2c(-c3ccccc3)c3n(c2c1)CC(C(=O)OC)C1=C3N=CC=NC1. The Labute approximate surface area is 184 Å². The van der Waals surface area contributed by atoms with Gasteiger partial charge in [-0.3, -0.25) is 14.8 Å². The van der Waals surface area contributed by atoms with Crippen LogP contribution in [-0.2, 0) is 20.8 Å². The number of aromatic nitrogens is 1. The quantitative estimate of drug-likeness (QED) is 0.596. The highest BCUT2D eigenvalue weighted by Crippen LogP contribution is 2.45. The lowest BCUT2D eigenvalue weighted by Crippen LogP contribution is -2.30. The summed E-state index contributed by atoms with van der Waals surface area (Å²) in [5, 5.41) is 0.969. The number of rotatable bonds is 3. The minimum absolute atomic E-state index is 0.331. The van der Waals surface area contributed by atoms with Gasteiger partial charge in [-0.15, -0.1) is 0 Å². The van der Waals surface area contributed by atoms with Crippen LogP contribution in [0.5, 0.6) is 0 Å². The highest BCUT2D eigenvalue weighted by Gasteiger charge is 2.36. The predicted molar refractivity (Wildman–Crippen MR) is 123 cm³/mol. The fourth-order valence-electron chi connectivity index (χ4n) is 4.53. The molecule has 3 heterocycles. The molecule has 3 aromatic rings. The molecule has 0 saturated heterocycles. The number of carbonyl (C=O) groups is 2. The number of benzene rings is 2. The molecule has 7 nitrogen and oxygen atoms in total. The zero-order valence-corrected chi connectivity index (χ0v) is 17.7. The van der Waals surface area contributed by atoms with Gasteiger partial charge in [0.1, 0.15) is 0 Å². The molecule has 0 amide bonds. The Kier molecular flexibility index (Phi) is 4.93. The summed E-state index contributed by atoms with van der Waals surface area (Å²) in [6, 6.07) is 15.6. The molecule has 1 aromatic heterocycles. The molecule has 2 aliphatic rings. The Balaban J connectivity index is 1.87. The van der Waals surface area contributed by atoms with Gasteiger partial charge in [-0.25, -0.2) is 4.79 Å². The minimum atomic E-state index is -0.518. The number of methoxy groups -OCH3 is 2. The molecular formula is C25H21N3O4. The van der Waals surface area contributed by atoms with E-state index in [0.29, 0.717) is 18.7 Å². The molecule has 0 bridgehead atoms. The molecule has 0 spiro atoms. The Morgan fingerprint density at radius 3 is 2.59 bits per heavy atom. The van der Waals surface area contributed by atoms with Crippen molar-refractivity contribution in [3.05, 3.63) is 65.4 Å². The van der Waals surface area contributed by atoms with E-state index in [0.717, 1.165) is 39.0 Å². The largest absolute Gasteiger partial charge is 0.469 e. The van der Waals surface area contributed by atoms with Crippen molar-refractivity contribution in [2.45, 2.75) is 6.54 Å². The zero-order chi connectivity index (χ0) is 22.2. The molecule has 0 N–H and O–H groups in total. The monoisotopic (exact) mass is 427 g/mol. The normalized spacial score (nSPS) is 17.0. The molecule has 0 radical (unpaired) electrons. The fraction of sp³-hybridized carbons (Fsp3) is 0.200. The number of ether oxygens (including phenoxy) is 2. The van der Waals surface area contributed by atoms with Crippen molar-refractivity contribution in [2.75, 3.05) is 20.8 Å². The summed E-state index contributed by atoms with van der Waals surface area (Å²) in [4.78, 5) is 34.1. The van der Waals surface area contributed by atoms with Crippen molar-refractivity contribution in [1.82, 2.24) is 4.57 Å². The summed E-state index contributed by atoms with van der Waals surface area (Å²) in [7, 11) is 2.75. The van der Waals surface area contributed by atoms with Gasteiger partial charge in [-0.2, -0.15) is 0 Å². The predicted octanol–water partition coefficient (Wildman–Crippen LogP) is 3.76. The first-order valence-electron chi connectivity index (χ1n) is 10.3. The number of nitrogens with zero attached hydrogens (tertiary/aromatic N) is 3. The molecule has 0 saturated carbocycles. The fourth-order valence-corrected chi connectivity index (χ4v) is 4.53. The third-order valence-electron chi connectivity index (χ3n) is 5.99. The van der Waals surface area contributed by atoms with Crippen LogP contribution in [0.15, 0.2) is 64.1 Å². The van der Waals surface area contributed by atoms with Crippen LogP contribution in [-0.4, -0.2) is 49.7 Å². The summed E-state index contributed by atoms with van der Waals surface area (Å²) < 4.78 is 12.1. The summed E-state index contributed by atoms with van der Waals surface area (Å²) in [6.07, 6.45) is 3.30. The van der Waals surface area contributed by atoms with Gasteiger partial charge in [-0.1, -0.05) is 36.4 Å². The molecule has 2 aromatic carbocycles. The van der Waals surface area contributed by atoms with E-state index in [1.165, 1.54) is 14.2 Å². The lowest BCUT2D eigenvalue weighted by Gasteiger charge is -2.27. The van der Waals surface area contributed by atoms with E-state index in [2.05, 4.69) is 9.56 Å². The van der Waals surface area contributed by atoms with Crippen LogP contribution in [0.4, 0.5) is 0 Å². The van der Waals surface area contributed by atoms with Crippen molar-refractivity contribution < 1.29 is 19.1 Å². The van der Waals surface area contributed by atoms with Crippen molar-refractivity contribution in [1.29, 1.82) is 0 Å². The topological polar surface area (TPSA) is 82.2 Å². The Morgan fingerprint density at radius 1 is 1.03 bits per heavy atom. The maximum atomic E-state index is 12.7. The smallest absolute Gasteiger partial charge is 0.337 e. The van der Waals surface area contributed by atoms with E-state index in [4.69, 9.17) is 14.5 Å². The number of aliphatic imine (C=N–C) groups is 2. The van der Waals surface area contributed by atoms with Gasteiger partial charge in [0.05, 0.1) is 49.2 Å². The second-order valence-corrected chi connectivity index (χ2v) is 7.64. The summed E-state index contributed by atoms with van der Waals surface area (Å²) >= 11 is 0. The number of esters is 2. The van der Waals surface area contributed by atoms with Gasteiger partial charge in [0.2, 0.25) is 0 Å². The second-order valence-electron chi connectivity index (χ2n) is 7.64. The molecule has 7 heteroatoms. The van der Waals surface area contributed by atoms with Gasteiger partial charge in [-0.05, 0) is 23.3 Å². The van der Waals surface area contributed by atoms with Crippen LogP contribution in [0.25, 0.3) is 27.7 Å². The standard InChI is InChI=1S/C25H21N3O4/c1-31-24(29)16-8-9-17-20(12-16)28-14-19(25(30)32-2)18-13-26-10-11-27-22(18)23(28)21(17)15-6-4-3-5-7-15/h3-12,19H,13-14H2,1-2H3. The van der Waals surface area contributed by atoms with Crippen molar-refractivity contribution in [2.24, 2.45) is 15.9 Å². The first-order valence-corrected chi connectivity index (χ1v) is 10.3. The van der Waals surface area contributed by atoms with Crippen LogP contribution < -0.4 is 0 Å². The van der Waals surface area contributed by atoms with Gasteiger partial charge in [0.15, 0.2) is 0 Å². The summed E-state index contributed by atoms with van der Waals surface area (Å²) in [5.41, 5.74) is 5.78. The Hall–Kier alpha value is -4.00. The van der Waals surface area contributed by atoms with Crippen molar-refractivity contribution in [3.8, 4) is 11.1 Å². The summed E-state index contributed by atoms with van der Waals surface area (Å²) in [6.45, 7) is 0.748. The maximum Gasteiger partial charge on any atom is 0.337 e. The number of carbonyl (C=O) groups excluding carboxylic acids is 2. The average Bonchev–Trinajstić information content (AvgIpc) is 2.97.